The van der Waals surface area contributed by atoms with E-state index in [1.54, 1.807) is 11.0 Å². The summed E-state index contributed by atoms with van der Waals surface area (Å²) < 4.78 is 0. The summed E-state index contributed by atoms with van der Waals surface area (Å²) >= 11 is 0. The van der Waals surface area contributed by atoms with Gasteiger partial charge in [0, 0.05) is 24.4 Å². The Bertz CT molecular complexity index is 793. The predicted octanol–water partition coefficient (Wildman–Crippen LogP) is 3.11. The first kappa shape index (κ1) is 16.9. The van der Waals surface area contributed by atoms with Crippen LogP contribution in [-0.2, 0) is 6.42 Å². The summed E-state index contributed by atoms with van der Waals surface area (Å²) in [6.45, 7) is 0.0424. The number of anilines is 1. The summed E-state index contributed by atoms with van der Waals surface area (Å²) in [6, 6.07) is 13.3. The Balaban J connectivity index is 1.80. The molecular formula is C18H19N3O4. The first-order valence-corrected chi connectivity index (χ1v) is 8.11. The lowest BCUT2D eigenvalue weighted by Gasteiger charge is -2.29. The summed E-state index contributed by atoms with van der Waals surface area (Å²) in [7, 11) is 0. The number of nitro groups is 1. The SMILES string of the molecule is O=C(Nc1cccc([N+](=O)[O-])c1)N(CCO)[C@H]1CCc2ccccc21. The van der Waals surface area contributed by atoms with Crippen LogP contribution >= 0.6 is 0 Å². The first-order valence-electron chi connectivity index (χ1n) is 8.11. The number of nitro benzene ring substituents is 1. The molecule has 0 fully saturated rings. The highest BCUT2D eigenvalue weighted by molar-refractivity contribution is 5.90. The second-order valence-electron chi connectivity index (χ2n) is 5.91. The van der Waals surface area contributed by atoms with Crippen molar-refractivity contribution < 1.29 is 14.8 Å². The van der Waals surface area contributed by atoms with E-state index in [1.807, 2.05) is 24.3 Å². The van der Waals surface area contributed by atoms with Crippen LogP contribution in [0.15, 0.2) is 48.5 Å². The number of nitrogens with one attached hydrogen (secondary N) is 1. The number of benzene rings is 2. The van der Waals surface area contributed by atoms with E-state index >= 15 is 0 Å². The molecule has 0 bridgehead atoms. The van der Waals surface area contributed by atoms with Gasteiger partial charge in [0.15, 0.2) is 0 Å². The number of aliphatic hydroxyl groups excluding tert-OH is 1. The van der Waals surface area contributed by atoms with Gasteiger partial charge in [0.25, 0.3) is 5.69 Å². The van der Waals surface area contributed by atoms with Gasteiger partial charge in [0.05, 0.1) is 17.6 Å². The van der Waals surface area contributed by atoms with Gasteiger partial charge < -0.3 is 15.3 Å². The summed E-state index contributed by atoms with van der Waals surface area (Å²) in [4.78, 5) is 24.7. The summed E-state index contributed by atoms with van der Waals surface area (Å²) in [5.74, 6) is 0. The molecule has 3 rings (SSSR count). The highest BCUT2D eigenvalue weighted by atomic mass is 16.6. The lowest BCUT2D eigenvalue weighted by molar-refractivity contribution is -0.384. The number of rotatable bonds is 5. The van der Waals surface area contributed by atoms with E-state index in [-0.39, 0.29) is 30.9 Å². The van der Waals surface area contributed by atoms with Crippen LogP contribution in [0.2, 0.25) is 0 Å². The highest BCUT2D eigenvalue weighted by Gasteiger charge is 2.30. The maximum Gasteiger partial charge on any atom is 0.322 e. The molecule has 0 spiro atoms. The van der Waals surface area contributed by atoms with E-state index in [9.17, 15) is 20.0 Å². The number of urea groups is 1. The van der Waals surface area contributed by atoms with Crippen LogP contribution in [0.25, 0.3) is 0 Å². The fourth-order valence-corrected chi connectivity index (χ4v) is 3.26. The maximum absolute atomic E-state index is 12.7. The molecular weight excluding hydrogens is 322 g/mol. The van der Waals surface area contributed by atoms with Crippen molar-refractivity contribution in [3.05, 3.63) is 69.8 Å². The molecule has 0 saturated carbocycles. The molecule has 1 aliphatic rings. The molecule has 0 aliphatic heterocycles. The molecule has 0 heterocycles. The van der Waals surface area contributed by atoms with Gasteiger partial charge in [-0.25, -0.2) is 4.79 Å². The molecule has 7 heteroatoms. The van der Waals surface area contributed by atoms with E-state index in [1.165, 1.54) is 23.8 Å². The number of amides is 2. The standard InChI is InChI=1S/C18H19N3O4/c22-11-10-20(17-9-8-13-4-1-2-7-16(13)17)18(23)19-14-5-3-6-15(12-14)21(24)25/h1-7,12,17,22H,8-11H2,(H,19,23)/t17-/m0/s1. The van der Waals surface area contributed by atoms with Gasteiger partial charge >= 0.3 is 6.03 Å². The molecule has 1 atom stereocenters. The van der Waals surface area contributed by atoms with Crippen LogP contribution in [-0.4, -0.2) is 34.1 Å². The number of aliphatic hydroxyl groups is 1. The number of hydrogen-bond donors (Lipinski definition) is 2. The Morgan fingerprint density at radius 3 is 2.84 bits per heavy atom. The Morgan fingerprint density at radius 2 is 2.08 bits per heavy atom. The fraction of sp³-hybridized carbons (Fsp3) is 0.278. The third-order valence-corrected chi connectivity index (χ3v) is 4.39. The zero-order valence-corrected chi connectivity index (χ0v) is 13.6. The summed E-state index contributed by atoms with van der Waals surface area (Å²) in [5, 5.41) is 22.9. The molecule has 2 N–H and O–H groups in total. The van der Waals surface area contributed by atoms with Crippen LogP contribution in [0.4, 0.5) is 16.2 Å². The van der Waals surface area contributed by atoms with Crippen molar-refractivity contribution in [2.45, 2.75) is 18.9 Å². The topological polar surface area (TPSA) is 95.7 Å². The number of aryl methyl sites for hydroxylation is 1. The largest absolute Gasteiger partial charge is 0.395 e. The van der Waals surface area contributed by atoms with Gasteiger partial charge in [-0.3, -0.25) is 10.1 Å². The number of carbonyl (C=O) groups is 1. The fourth-order valence-electron chi connectivity index (χ4n) is 3.26. The number of hydrogen-bond acceptors (Lipinski definition) is 4. The average molecular weight is 341 g/mol. The third kappa shape index (κ3) is 3.61. The summed E-state index contributed by atoms with van der Waals surface area (Å²) in [6.07, 6.45) is 1.68. The molecule has 0 radical (unpaired) electrons. The van der Waals surface area contributed by atoms with E-state index in [0.717, 1.165) is 18.4 Å². The van der Waals surface area contributed by atoms with Gasteiger partial charge in [0.1, 0.15) is 0 Å². The molecule has 7 nitrogen and oxygen atoms in total. The molecule has 2 aromatic rings. The molecule has 0 saturated heterocycles. The van der Waals surface area contributed by atoms with Crippen LogP contribution in [0.3, 0.4) is 0 Å². The molecule has 25 heavy (non-hydrogen) atoms. The van der Waals surface area contributed by atoms with Gasteiger partial charge in [-0.15, -0.1) is 0 Å². The Kier molecular flexibility index (Phi) is 4.95. The Hall–Kier alpha value is -2.93. The van der Waals surface area contributed by atoms with Crippen molar-refractivity contribution >= 4 is 17.4 Å². The van der Waals surface area contributed by atoms with Crippen molar-refractivity contribution in [1.82, 2.24) is 4.90 Å². The quantitative estimate of drug-likeness (QED) is 0.645. The Labute approximate surface area is 145 Å². The Morgan fingerprint density at radius 1 is 1.28 bits per heavy atom. The minimum absolute atomic E-state index is 0.0854. The third-order valence-electron chi connectivity index (χ3n) is 4.39. The maximum atomic E-state index is 12.7. The molecule has 130 valence electrons. The van der Waals surface area contributed by atoms with Gasteiger partial charge in [-0.1, -0.05) is 30.3 Å². The molecule has 1 aliphatic carbocycles. The molecule has 2 amide bonds. The molecule has 0 unspecified atom stereocenters. The van der Waals surface area contributed by atoms with Crippen molar-refractivity contribution in [3.8, 4) is 0 Å². The molecule has 0 aromatic heterocycles. The van der Waals surface area contributed by atoms with Gasteiger partial charge in [0.2, 0.25) is 0 Å². The number of non-ortho nitro benzene ring substituents is 1. The zero-order valence-electron chi connectivity index (χ0n) is 13.6. The minimum Gasteiger partial charge on any atom is -0.395 e. The van der Waals surface area contributed by atoms with Crippen LogP contribution in [0.5, 0.6) is 0 Å². The second-order valence-corrected chi connectivity index (χ2v) is 5.91. The lowest BCUT2D eigenvalue weighted by atomic mass is 10.1. The second kappa shape index (κ2) is 7.31. The van der Waals surface area contributed by atoms with Crippen LogP contribution in [0, 0.1) is 10.1 Å². The average Bonchev–Trinajstić information content (AvgIpc) is 3.03. The smallest absolute Gasteiger partial charge is 0.322 e. The number of nitrogens with zero attached hydrogens (tertiary/aromatic N) is 2. The van der Waals surface area contributed by atoms with Gasteiger partial charge in [-0.05, 0) is 30.0 Å². The lowest BCUT2D eigenvalue weighted by Crippen LogP contribution is -2.39. The van der Waals surface area contributed by atoms with Crippen molar-refractivity contribution in [1.29, 1.82) is 0 Å². The van der Waals surface area contributed by atoms with Crippen molar-refractivity contribution in [2.75, 3.05) is 18.5 Å². The highest BCUT2D eigenvalue weighted by Crippen LogP contribution is 2.35. The number of fused-ring (bicyclic) bond motifs is 1. The predicted molar refractivity (Wildman–Crippen MR) is 93.4 cm³/mol. The normalized spacial score (nSPS) is 15.5. The van der Waals surface area contributed by atoms with Gasteiger partial charge in [-0.2, -0.15) is 0 Å². The van der Waals surface area contributed by atoms with E-state index in [0.29, 0.717) is 5.69 Å². The van der Waals surface area contributed by atoms with Crippen molar-refractivity contribution in [3.63, 3.8) is 0 Å². The molecule has 2 aromatic carbocycles. The van der Waals surface area contributed by atoms with E-state index in [4.69, 9.17) is 0 Å². The van der Waals surface area contributed by atoms with Crippen LogP contribution in [0.1, 0.15) is 23.6 Å². The van der Waals surface area contributed by atoms with Crippen molar-refractivity contribution in [2.24, 2.45) is 0 Å². The number of carbonyl (C=O) groups excluding carboxylic acids is 1. The monoisotopic (exact) mass is 341 g/mol. The summed E-state index contributed by atoms with van der Waals surface area (Å²) in [5.41, 5.74) is 2.56. The van der Waals surface area contributed by atoms with E-state index < -0.39 is 4.92 Å². The zero-order chi connectivity index (χ0) is 17.8. The van der Waals surface area contributed by atoms with E-state index in [2.05, 4.69) is 5.32 Å². The minimum atomic E-state index is -0.506. The van der Waals surface area contributed by atoms with Crippen LogP contribution < -0.4 is 5.32 Å². The first-order chi connectivity index (χ1) is 12.1.